The molecule has 110 valence electrons. The lowest BCUT2D eigenvalue weighted by Gasteiger charge is -2.09. The fourth-order valence-electron chi connectivity index (χ4n) is 2.40. The van der Waals surface area contributed by atoms with Crippen molar-refractivity contribution in [3.8, 4) is 0 Å². The molecule has 1 heterocycles. The van der Waals surface area contributed by atoms with Crippen molar-refractivity contribution < 1.29 is 8.42 Å². The van der Waals surface area contributed by atoms with Crippen molar-refractivity contribution in [2.24, 2.45) is 0 Å². The van der Waals surface area contributed by atoms with E-state index in [-0.39, 0.29) is 0 Å². The van der Waals surface area contributed by atoms with Gasteiger partial charge in [-0.2, -0.15) is 0 Å². The number of rotatable bonds is 4. The van der Waals surface area contributed by atoms with E-state index in [4.69, 9.17) is 0 Å². The van der Waals surface area contributed by atoms with E-state index in [2.05, 4.69) is 10.0 Å². The lowest BCUT2D eigenvalue weighted by Crippen LogP contribution is -2.23. The molecule has 3 rings (SSSR count). The van der Waals surface area contributed by atoms with Crippen molar-refractivity contribution in [1.82, 2.24) is 4.72 Å². The third kappa shape index (κ3) is 3.09. The molecular formula is C16H18N2O2S. The summed E-state index contributed by atoms with van der Waals surface area (Å²) in [6.07, 6.45) is 0.951. The highest BCUT2D eigenvalue weighted by atomic mass is 32.2. The van der Waals surface area contributed by atoms with Gasteiger partial charge in [-0.25, -0.2) is 13.1 Å². The van der Waals surface area contributed by atoms with Crippen molar-refractivity contribution in [2.75, 3.05) is 11.9 Å². The number of fused-ring (bicyclic) bond motifs is 1. The maximum absolute atomic E-state index is 12.3. The zero-order valence-electron chi connectivity index (χ0n) is 11.9. The summed E-state index contributed by atoms with van der Waals surface area (Å²) in [4.78, 5) is 0.308. The number of nitrogens with one attached hydrogen (secondary N) is 2. The molecular weight excluding hydrogens is 284 g/mol. The predicted octanol–water partition coefficient (Wildman–Crippen LogP) is 2.44. The van der Waals surface area contributed by atoms with E-state index >= 15 is 0 Å². The second-order valence-electron chi connectivity index (χ2n) is 5.31. The smallest absolute Gasteiger partial charge is 0.240 e. The Labute approximate surface area is 125 Å². The number of sulfonamides is 1. The van der Waals surface area contributed by atoms with Crippen molar-refractivity contribution >= 4 is 15.7 Å². The summed E-state index contributed by atoms with van der Waals surface area (Å²) in [5, 5.41) is 3.20. The van der Waals surface area contributed by atoms with E-state index in [1.807, 2.05) is 37.3 Å². The molecule has 0 fully saturated rings. The molecule has 0 aliphatic carbocycles. The van der Waals surface area contributed by atoms with Crippen LogP contribution in [0.3, 0.4) is 0 Å². The molecule has 0 spiro atoms. The third-order valence-corrected chi connectivity index (χ3v) is 5.09. The van der Waals surface area contributed by atoms with Crippen molar-refractivity contribution in [2.45, 2.75) is 24.8 Å². The summed E-state index contributed by atoms with van der Waals surface area (Å²) in [7, 11) is -3.48. The van der Waals surface area contributed by atoms with Crippen molar-refractivity contribution in [3.05, 3.63) is 59.2 Å². The van der Waals surface area contributed by atoms with Gasteiger partial charge in [0.05, 0.1) is 4.90 Å². The quantitative estimate of drug-likeness (QED) is 0.912. The molecule has 4 nitrogen and oxygen atoms in total. The van der Waals surface area contributed by atoms with Crippen LogP contribution in [-0.4, -0.2) is 15.0 Å². The van der Waals surface area contributed by atoms with Gasteiger partial charge in [-0.1, -0.05) is 35.9 Å². The van der Waals surface area contributed by atoms with Gasteiger partial charge in [-0.05, 0) is 36.6 Å². The number of aryl methyl sites for hydroxylation is 1. The molecule has 0 amide bonds. The van der Waals surface area contributed by atoms with Gasteiger partial charge in [0.25, 0.3) is 0 Å². The zero-order valence-corrected chi connectivity index (χ0v) is 12.7. The van der Waals surface area contributed by atoms with Crippen LogP contribution in [0.1, 0.15) is 16.7 Å². The first-order valence-electron chi connectivity index (χ1n) is 6.97. The highest BCUT2D eigenvalue weighted by Gasteiger charge is 2.17. The molecule has 5 heteroatoms. The topological polar surface area (TPSA) is 58.2 Å². The first-order valence-corrected chi connectivity index (χ1v) is 8.45. The Morgan fingerprint density at radius 3 is 2.67 bits per heavy atom. The molecule has 0 aromatic heterocycles. The Balaban J connectivity index is 1.76. The Morgan fingerprint density at radius 1 is 1.14 bits per heavy atom. The molecule has 0 saturated carbocycles. The number of hydrogen-bond acceptors (Lipinski definition) is 3. The fraction of sp³-hybridized carbons (Fsp3) is 0.250. The summed E-state index contributed by atoms with van der Waals surface area (Å²) in [6.45, 7) is 3.17. The Morgan fingerprint density at radius 2 is 1.90 bits per heavy atom. The van der Waals surface area contributed by atoms with E-state index in [1.54, 1.807) is 12.1 Å². The van der Waals surface area contributed by atoms with Crippen LogP contribution >= 0.6 is 0 Å². The van der Waals surface area contributed by atoms with Crippen LogP contribution in [0.5, 0.6) is 0 Å². The first kappa shape index (κ1) is 14.1. The Hall–Kier alpha value is -1.85. The molecule has 0 saturated heterocycles. The molecule has 21 heavy (non-hydrogen) atoms. The number of anilines is 1. The summed E-state index contributed by atoms with van der Waals surface area (Å²) in [6, 6.07) is 13.1. The summed E-state index contributed by atoms with van der Waals surface area (Å²) in [5.41, 5.74) is 4.20. The zero-order chi connectivity index (χ0) is 14.9. The normalized spacial score (nSPS) is 13.8. The lowest BCUT2D eigenvalue weighted by atomic mass is 10.2. The van der Waals surface area contributed by atoms with Crippen molar-refractivity contribution in [3.63, 3.8) is 0 Å². The number of hydrogen-bond donors (Lipinski definition) is 2. The first-order chi connectivity index (χ1) is 10.0. The Bertz CT molecular complexity index is 752. The molecule has 2 N–H and O–H groups in total. The van der Waals surface area contributed by atoms with Gasteiger partial charge in [-0.15, -0.1) is 0 Å². The third-order valence-electron chi connectivity index (χ3n) is 3.69. The average Bonchev–Trinajstić information content (AvgIpc) is 2.94. The van der Waals surface area contributed by atoms with E-state index < -0.39 is 10.0 Å². The molecule has 0 radical (unpaired) electrons. The molecule has 1 aliphatic rings. The van der Waals surface area contributed by atoms with Crippen LogP contribution in [0.25, 0.3) is 0 Å². The van der Waals surface area contributed by atoms with E-state index in [0.29, 0.717) is 11.4 Å². The monoisotopic (exact) mass is 302 g/mol. The standard InChI is InChI=1S/C16H18N2O2S/c1-12-2-4-13(5-3-12)11-18-21(19,20)15-7-6-14-8-9-17-16(14)10-15/h2-7,10,17-18H,8-9,11H2,1H3. The van der Waals surface area contributed by atoms with Crippen LogP contribution < -0.4 is 10.0 Å². The van der Waals surface area contributed by atoms with Gasteiger partial charge in [0.1, 0.15) is 0 Å². The van der Waals surface area contributed by atoms with Crippen LogP contribution in [-0.2, 0) is 23.0 Å². The van der Waals surface area contributed by atoms with Gasteiger partial charge in [0, 0.05) is 18.8 Å². The van der Waals surface area contributed by atoms with Gasteiger partial charge in [0.2, 0.25) is 10.0 Å². The van der Waals surface area contributed by atoms with Gasteiger partial charge in [-0.3, -0.25) is 0 Å². The van der Waals surface area contributed by atoms with E-state index in [1.165, 1.54) is 5.56 Å². The summed E-state index contributed by atoms with van der Waals surface area (Å²) < 4.78 is 27.3. The molecule has 0 bridgehead atoms. The summed E-state index contributed by atoms with van der Waals surface area (Å²) >= 11 is 0. The molecule has 1 aliphatic heterocycles. The average molecular weight is 302 g/mol. The predicted molar refractivity (Wildman–Crippen MR) is 83.8 cm³/mol. The minimum Gasteiger partial charge on any atom is -0.384 e. The highest BCUT2D eigenvalue weighted by Crippen LogP contribution is 2.25. The summed E-state index contributed by atoms with van der Waals surface area (Å²) in [5.74, 6) is 0. The van der Waals surface area contributed by atoms with E-state index in [0.717, 1.165) is 29.8 Å². The highest BCUT2D eigenvalue weighted by molar-refractivity contribution is 7.89. The van der Waals surface area contributed by atoms with Gasteiger partial charge < -0.3 is 5.32 Å². The maximum atomic E-state index is 12.3. The second-order valence-corrected chi connectivity index (χ2v) is 7.07. The molecule has 2 aromatic rings. The molecule has 2 aromatic carbocycles. The van der Waals surface area contributed by atoms with Crippen LogP contribution in [0, 0.1) is 6.92 Å². The van der Waals surface area contributed by atoms with Gasteiger partial charge in [0.15, 0.2) is 0 Å². The van der Waals surface area contributed by atoms with Crippen LogP contribution in [0.2, 0.25) is 0 Å². The molecule has 0 unspecified atom stereocenters. The van der Waals surface area contributed by atoms with Crippen molar-refractivity contribution in [1.29, 1.82) is 0 Å². The fourth-order valence-corrected chi connectivity index (χ4v) is 3.45. The second kappa shape index (κ2) is 5.50. The van der Waals surface area contributed by atoms with Gasteiger partial charge >= 0.3 is 0 Å². The largest absolute Gasteiger partial charge is 0.384 e. The van der Waals surface area contributed by atoms with Crippen LogP contribution in [0.15, 0.2) is 47.4 Å². The van der Waals surface area contributed by atoms with E-state index in [9.17, 15) is 8.42 Å². The number of benzene rings is 2. The van der Waals surface area contributed by atoms with Crippen LogP contribution in [0.4, 0.5) is 5.69 Å². The molecule has 0 atom stereocenters. The minimum absolute atomic E-state index is 0.299. The Kier molecular flexibility index (Phi) is 3.69. The maximum Gasteiger partial charge on any atom is 0.240 e. The lowest BCUT2D eigenvalue weighted by molar-refractivity contribution is 0.581. The minimum atomic E-state index is -3.48. The SMILES string of the molecule is Cc1ccc(CNS(=O)(=O)c2ccc3c(c2)NCC3)cc1.